The maximum atomic E-state index is 13.4. The van der Waals surface area contributed by atoms with Crippen molar-refractivity contribution in [1.29, 1.82) is 0 Å². The van der Waals surface area contributed by atoms with Gasteiger partial charge in [0.1, 0.15) is 18.2 Å². The number of aromatic amines is 1. The van der Waals surface area contributed by atoms with Crippen LogP contribution in [0.5, 0.6) is 0 Å². The zero-order chi connectivity index (χ0) is 20.9. The Hall–Kier alpha value is -3.55. The molecule has 0 aliphatic carbocycles. The van der Waals surface area contributed by atoms with E-state index in [0.29, 0.717) is 6.42 Å². The molecule has 0 fully saturated rings. The highest BCUT2D eigenvalue weighted by molar-refractivity contribution is 5.81. The van der Waals surface area contributed by atoms with Gasteiger partial charge in [-0.3, -0.25) is 4.79 Å². The first-order valence-electron chi connectivity index (χ1n) is 10.2. The molecule has 4 rings (SSSR count). The topological polar surface area (TPSA) is 101 Å². The number of amides is 1. The number of aromatic nitrogens is 6. The number of carbonyl (C=O) groups excluding carboxylic acids is 1. The highest BCUT2D eigenvalue weighted by atomic mass is 16.2. The molecule has 8 heteroatoms. The summed E-state index contributed by atoms with van der Waals surface area (Å²) < 4.78 is 1.51. The lowest BCUT2D eigenvalue weighted by Crippen LogP contribution is -2.39. The summed E-state index contributed by atoms with van der Waals surface area (Å²) in [5.41, 5.74) is 2.88. The number of carbonyl (C=O) groups is 1. The first-order chi connectivity index (χ1) is 14.7. The molecule has 2 N–H and O–H groups in total. The fourth-order valence-corrected chi connectivity index (χ4v) is 3.54. The number of nitrogens with one attached hydrogen (secondary N) is 2. The van der Waals surface area contributed by atoms with Crippen molar-refractivity contribution in [2.45, 2.75) is 38.8 Å². The van der Waals surface area contributed by atoms with Crippen LogP contribution in [0.25, 0.3) is 11.0 Å². The number of tetrazole rings is 1. The predicted octanol–water partition coefficient (Wildman–Crippen LogP) is 3.24. The minimum absolute atomic E-state index is 0.142. The van der Waals surface area contributed by atoms with E-state index in [4.69, 9.17) is 4.98 Å². The molecule has 30 heavy (non-hydrogen) atoms. The average molecular weight is 403 g/mol. The van der Waals surface area contributed by atoms with Gasteiger partial charge in [-0.2, -0.15) is 0 Å². The number of para-hydroxylation sites is 2. The third-order valence-electron chi connectivity index (χ3n) is 5.47. The van der Waals surface area contributed by atoms with Gasteiger partial charge >= 0.3 is 0 Å². The summed E-state index contributed by atoms with van der Waals surface area (Å²) in [6, 6.07) is 16.9. The SMILES string of the molecule is CC[C@H](C)[C@H](NC(=O)[C@H](Cc1ccccc1)n1cnnn1)c1nc2ccccc2[nH]1. The first-order valence-corrected chi connectivity index (χ1v) is 10.2. The van der Waals surface area contributed by atoms with Crippen molar-refractivity contribution in [2.24, 2.45) is 5.92 Å². The normalized spacial score (nSPS) is 14.3. The lowest BCUT2D eigenvalue weighted by atomic mass is 9.97. The highest BCUT2D eigenvalue weighted by Gasteiger charge is 2.29. The molecule has 2 aromatic carbocycles. The third kappa shape index (κ3) is 4.22. The molecule has 0 saturated carbocycles. The molecule has 2 aromatic heterocycles. The fourth-order valence-electron chi connectivity index (χ4n) is 3.54. The van der Waals surface area contributed by atoms with E-state index in [1.807, 2.05) is 54.6 Å². The largest absolute Gasteiger partial charge is 0.344 e. The van der Waals surface area contributed by atoms with E-state index in [0.717, 1.165) is 28.8 Å². The van der Waals surface area contributed by atoms with Crippen molar-refractivity contribution in [3.8, 4) is 0 Å². The van der Waals surface area contributed by atoms with Crippen LogP contribution in [0.15, 0.2) is 60.9 Å². The zero-order valence-electron chi connectivity index (χ0n) is 17.1. The van der Waals surface area contributed by atoms with E-state index in [1.54, 1.807) is 0 Å². The molecule has 154 valence electrons. The Morgan fingerprint density at radius 1 is 1.13 bits per heavy atom. The van der Waals surface area contributed by atoms with Crippen LogP contribution in [0.3, 0.4) is 0 Å². The monoisotopic (exact) mass is 403 g/mol. The third-order valence-corrected chi connectivity index (χ3v) is 5.47. The molecule has 0 spiro atoms. The molecule has 2 heterocycles. The highest BCUT2D eigenvalue weighted by Crippen LogP contribution is 2.26. The predicted molar refractivity (Wildman–Crippen MR) is 113 cm³/mol. The van der Waals surface area contributed by atoms with Crippen LogP contribution in [-0.2, 0) is 11.2 Å². The minimum atomic E-state index is -0.557. The summed E-state index contributed by atoms with van der Waals surface area (Å²) in [5.74, 6) is 0.812. The van der Waals surface area contributed by atoms with E-state index < -0.39 is 6.04 Å². The minimum Gasteiger partial charge on any atom is -0.344 e. The number of H-pyrrole nitrogens is 1. The van der Waals surface area contributed by atoms with E-state index >= 15 is 0 Å². The number of fused-ring (bicyclic) bond motifs is 1. The van der Waals surface area contributed by atoms with Gasteiger partial charge < -0.3 is 10.3 Å². The van der Waals surface area contributed by atoms with Crippen molar-refractivity contribution in [3.63, 3.8) is 0 Å². The van der Waals surface area contributed by atoms with Crippen LogP contribution in [0, 0.1) is 5.92 Å². The van der Waals surface area contributed by atoms with Crippen molar-refractivity contribution >= 4 is 16.9 Å². The molecule has 0 aliphatic rings. The average Bonchev–Trinajstić information content (AvgIpc) is 3.45. The van der Waals surface area contributed by atoms with E-state index in [-0.39, 0.29) is 17.9 Å². The van der Waals surface area contributed by atoms with Crippen molar-refractivity contribution in [2.75, 3.05) is 0 Å². The van der Waals surface area contributed by atoms with Gasteiger partial charge in [0.15, 0.2) is 0 Å². The molecule has 0 radical (unpaired) electrons. The number of imidazole rings is 1. The van der Waals surface area contributed by atoms with E-state index in [9.17, 15) is 4.79 Å². The van der Waals surface area contributed by atoms with Crippen LogP contribution in [0.2, 0.25) is 0 Å². The second-order valence-electron chi connectivity index (χ2n) is 7.51. The van der Waals surface area contributed by atoms with Crippen molar-refractivity contribution < 1.29 is 4.79 Å². The zero-order valence-corrected chi connectivity index (χ0v) is 17.1. The molecule has 8 nitrogen and oxygen atoms in total. The van der Waals surface area contributed by atoms with Gasteiger partial charge in [0.25, 0.3) is 0 Å². The van der Waals surface area contributed by atoms with Gasteiger partial charge in [-0.15, -0.1) is 5.10 Å². The molecule has 0 unspecified atom stereocenters. The number of nitrogens with zero attached hydrogens (tertiary/aromatic N) is 5. The quantitative estimate of drug-likeness (QED) is 0.470. The van der Waals surface area contributed by atoms with Gasteiger partial charge in [-0.1, -0.05) is 62.7 Å². The number of hydrogen-bond donors (Lipinski definition) is 2. The van der Waals surface area contributed by atoms with Crippen LogP contribution in [-0.4, -0.2) is 36.1 Å². The number of rotatable bonds is 8. The molecule has 0 bridgehead atoms. The van der Waals surface area contributed by atoms with Crippen LogP contribution >= 0.6 is 0 Å². The Bertz CT molecular complexity index is 1060. The van der Waals surface area contributed by atoms with Crippen LogP contribution in [0.4, 0.5) is 0 Å². The summed E-state index contributed by atoms with van der Waals surface area (Å²) in [7, 11) is 0. The maximum absolute atomic E-state index is 13.4. The molecular weight excluding hydrogens is 378 g/mol. The molecular formula is C22H25N7O. The Labute approximate surface area is 174 Å². The number of benzene rings is 2. The molecule has 4 aromatic rings. The summed E-state index contributed by atoms with van der Waals surface area (Å²) >= 11 is 0. The van der Waals surface area contributed by atoms with Gasteiger partial charge in [0.05, 0.1) is 17.1 Å². The molecule has 3 atom stereocenters. The summed E-state index contributed by atoms with van der Waals surface area (Å²) in [6.07, 6.45) is 2.87. The Balaban J connectivity index is 1.62. The lowest BCUT2D eigenvalue weighted by Gasteiger charge is -2.25. The molecule has 1 amide bonds. The second kappa shape index (κ2) is 8.86. The van der Waals surface area contributed by atoms with E-state index in [1.165, 1.54) is 11.0 Å². The van der Waals surface area contributed by atoms with E-state index in [2.05, 4.69) is 39.7 Å². The van der Waals surface area contributed by atoms with Gasteiger partial charge in [-0.05, 0) is 34.0 Å². The van der Waals surface area contributed by atoms with Gasteiger partial charge in [-0.25, -0.2) is 9.67 Å². The Kier molecular flexibility index (Phi) is 5.83. The van der Waals surface area contributed by atoms with Gasteiger partial charge in [0, 0.05) is 6.42 Å². The number of hydrogen-bond acceptors (Lipinski definition) is 5. The lowest BCUT2D eigenvalue weighted by molar-refractivity contribution is -0.125. The Morgan fingerprint density at radius 3 is 2.60 bits per heavy atom. The summed E-state index contributed by atoms with van der Waals surface area (Å²) in [4.78, 5) is 21.5. The molecule has 0 saturated heterocycles. The first kappa shape index (κ1) is 19.8. The Morgan fingerprint density at radius 2 is 1.90 bits per heavy atom. The smallest absolute Gasteiger partial charge is 0.245 e. The fraction of sp³-hybridized carbons (Fsp3) is 0.318. The summed E-state index contributed by atoms with van der Waals surface area (Å²) in [6.45, 7) is 4.22. The summed E-state index contributed by atoms with van der Waals surface area (Å²) in [5, 5.41) is 14.6. The van der Waals surface area contributed by atoms with Crippen molar-refractivity contribution in [1.82, 2.24) is 35.5 Å². The maximum Gasteiger partial charge on any atom is 0.245 e. The van der Waals surface area contributed by atoms with Crippen molar-refractivity contribution in [3.05, 3.63) is 72.3 Å². The second-order valence-corrected chi connectivity index (χ2v) is 7.51. The van der Waals surface area contributed by atoms with Crippen LogP contribution in [0.1, 0.15) is 43.7 Å². The standard InChI is InChI=1S/C22H25N7O/c1-3-15(2)20(21-24-17-11-7-8-12-18(17)25-21)26-22(30)19(29-14-23-27-28-29)13-16-9-5-4-6-10-16/h4-12,14-15,19-20H,3,13H2,1-2H3,(H,24,25)(H,26,30)/t15-,19-,20-/m0/s1. The van der Waals surface area contributed by atoms with Crippen LogP contribution < -0.4 is 5.32 Å². The van der Waals surface area contributed by atoms with Gasteiger partial charge in [0.2, 0.25) is 5.91 Å². The molecule has 0 aliphatic heterocycles.